The van der Waals surface area contributed by atoms with Crippen LogP contribution in [0.1, 0.15) is 47.2 Å². The van der Waals surface area contributed by atoms with E-state index >= 15 is 0 Å². The third-order valence-corrected chi connectivity index (χ3v) is 12.8. The number of rotatable bonds is 4. The fourth-order valence-corrected chi connectivity index (χ4v) is 10.4. The summed E-state index contributed by atoms with van der Waals surface area (Å²) >= 11 is 0. The lowest BCUT2D eigenvalue weighted by Crippen LogP contribution is -2.28. The molecule has 2 heterocycles. The fourth-order valence-electron chi connectivity index (χ4n) is 10.4. The Bertz CT molecular complexity index is 3230. The van der Waals surface area contributed by atoms with Gasteiger partial charge in [-0.1, -0.05) is 178 Å². The van der Waals surface area contributed by atoms with Gasteiger partial charge in [0.15, 0.2) is 0 Å². The van der Waals surface area contributed by atoms with E-state index in [0.717, 1.165) is 33.5 Å². The van der Waals surface area contributed by atoms with E-state index in [1.54, 1.807) is 0 Å². The predicted octanol–water partition coefficient (Wildman–Crippen LogP) is 13.1. The van der Waals surface area contributed by atoms with Crippen LogP contribution in [0.2, 0.25) is 0 Å². The minimum absolute atomic E-state index is 0.323. The molecule has 3 nitrogen and oxygen atoms in total. The molecule has 268 valence electrons. The third kappa shape index (κ3) is 4.31. The maximum atomic E-state index is 5.72. The van der Waals surface area contributed by atoms with Gasteiger partial charge in [-0.15, -0.1) is 0 Å². The molecule has 0 saturated carbocycles. The summed E-state index contributed by atoms with van der Waals surface area (Å²) in [5.41, 5.74) is 15.6. The molecule has 2 aliphatic carbocycles. The summed E-state index contributed by atoms with van der Waals surface area (Å²) in [5.74, 6) is 0.678. The van der Waals surface area contributed by atoms with Gasteiger partial charge in [-0.2, -0.15) is 0 Å². The number of benzene rings is 8. The van der Waals surface area contributed by atoms with Gasteiger partial charge in [0.2, 0.25) is 5.95 Å². The molecule has 10 aromatic rings. The molecule has 0 saturated heterocycles. The maximum absolute atomic E-state index is 5.72. The van der Waals surface area contributed by atoms with Crippen molar-refractivity contribution in [2.45, 2.75) is 24.7 Å². The molecular weight excluding hydrogens is 691 g/mol. The number of hydrogen-bond acceptors (Lipinski definition) is 2. The zero-order valence-corrected chi connectivity index (χ0v) is 31.7. The zero-order chi connectivity index (χ0) is 37.9. The Labute approximate surface area is 331 Å². The van der Waals surface area contributed by atoms with Crippen molar-refractivity contribution in [1.29, 1.82) is 0 Å². The monoisotopic (exact) mass is 727 g/mol. The topological polar surface area (TPSA) is 30.7 Å². The first-order valence-electron chi connectivity index (χ1n) is 19.8. The van der Waals surface area contributed by atoms with Crippen LogP contribution in [0, 0.1) is 0 Å². The molecule has 12 rings (SSSR count). The first kappa shape index (κ1) is 32.2. The SMILES string of the molecule is CC1(C)c2ccccc2-c2nc(-n3c4ccccc4c4cc5ccccc5cc43)nc(-c3cccc(C4(c5ccccc5)c5ccccc5-c5ccccc54)c3)c21. The highest BCUT2D eigenvalue weighted by Gasteiger charge is 2.46. The van der Waals surface area contributed by atoms with Gasteiger partial charge in [0, 0.05) is 32.9 Å². The molecule has 2 aromatic heterocycles. The molecule has 0 amide bonds. The quantitative estimate of drug-likeness (QED) is 0.181. The lowest BCUT2D eigenvalue weighted by molar-refractivity contribution is 0.656. The van der Waals surface area contributed by atoms with Crippen LogP contribution in [0.25, 0.3) is 72.2 Å². The Kier molecular flexibility index (Phi) is 6.61. The lowest BCUT2D eigenvalue weighted by atomic mass is 9.67. The van der Waals surface area contributed by atoms with Crippen LogP contribution in [0.15, 0.2) is 188 Å². The first-order chi connectivity index (χ1) is 28.0. The second kappa shape index (κ2) is 11.7. The summed E-state index contributed by atoms with van der Waals surface area (Å²) < 4.78 is 2.29. The number of aromatic nitrogens is 3. The van der Waals surface area contributed by atoms with Gasteiger partial charge in [-0.05, 0) is 74.0 Å². The number of fused-ring (bicyclic) bond motifs is 10. The van der Waals surface area contributed by atoms with Crippen molar-refractivity contribution in [2.24, 2.45) is 0 Å². The molecule has 0 bridgehead atoms. The highest BCUT2D eigenvalue weighted by Crippen LogP contribution is 2.57. The minimum Gasteiger partial charge on any atom is -0.278 e. The van der Waals surface area contributed by atoms with Crippen molar-refractivity contribution < 1.29 is 0 Å². The van der Waals surface area contributed by atoms with Crippen molar-refractivity contribution in [3.63, 3.8) is 0 Å². The van der Waals surface area contributed by atoms with Crippen LogP contribution in [0.4, 0.5) is 0 Å². The number of hydrogen-bond donors (Lipinski definition) is 0. The van der Waals surface area contributed by atoms with E-state index in [1.165, 1.54) is 66.1 Å². The summed E-state index contributed by atoms with van der Waals surface area (Å²) in [7, 11) is 0. The largest absolute Gasteiger partial charge is 0.278 e. The second-order valence-corrected chi connectivity index (χ2v) is 16.1. The van der Waals surface area contributed by atoms with E-state index in [9.17, 15) is 0 Å². The Morgan fingerprint density at radius 3 is 1.75 bits per heavy atom. The summed E-state index contributed by atoms with van der Waals surface area (Å²) in [4.78, 5) is 11.3. The molecule has 0 N–H and O–H groups in total. The molecule has 2 aliphatic rings. The molecule has 0 radical (unpaired) electrons. The Hall–Kier alpha value is -7.10. The summed E-state index contributed by atoms with van der Waals surface area (Å²) in [6, 6.07) is 68.8. The molecule has 0 fully saturated rings. The average molecular weight is 728 g/mol. The summed E-state index contributed by atoms with van der Waals surface area (Å²) in [6.45, 7) is 4.66. The molecular formula is C54H37N3. The molecule has 0 unspecified atom stereocenters. The van der Waals surface area contributed by atoms with E-state index in [-0.39, 0.29) is 5.41 Å². The van der Waals surface area contributed by atoms with Crippen LogP contribution < -0.4 is 0 Å². The number of para-hydroxylation sites is 1. The van der Waals surface area contributed by atoms with Gasteiger partial charge in [0.25, 0.3) is 0 Å². The predicted molar refractivity (Wildman–Crippen MR) is 234 cm³/mol. The van der Waals surface area contributed by atoms with E-state index < -0.39 is 5.41 Å². The van der Waals surface area contributed by atoms with Crippen molar-refractivity contribution in [2.75, 3.05) is 0 Å². The lowest BCUT2D eigenvalue weighted by Gasteiger charge is -2.34. The Morgan fingerprint density at radius 2 is 1.00 bits per heavy atom. The molecule has 0 aliphatic heterocycles. The highest BCUT2D eigenvalue weighted by atomic mass is 15.2. The van der Waals surface area contributed by atoms with Crippen molar-refractivity contribution >= 4 is 32.6 Å². The van der Waals surface area contributed by atoms with Crippen LogP contribution >= 0.6 is 0 Å². The fraction of sp³-hybridized carbons (Fsp3) is 0.0741. The molecule has 0 spiro atoms. The normalized spacial score (nSPS) is 14.4. The van der Waals surface area contributed by atoms with Crippen LogP contribution in [0.3, 0.4) is 0 Å². The maximum Gasteiger partial charge on any atom is 0.235 e. The third-order valence-electron chi connectivity index (χ3n) is 12.8. The van der Waals surface area contributed by atoms with E-state index in [0.29, 0.717) is 5.95 Å². The minimum atomic E-state index is -0.518. The molecule has 0 atom stereocenters. The molecule has 3 heteroatoms. The van der Waals surface area contributed by atoms with Crippen LogP contribution in [-0.4, -0.2) is 14.5 Å². The van der Waals surface area contributed by atoms with E-state index in [2.05, 4.69) is 206 Å². The van der Waals surface area contributed by atoms with Gasteiger partial charge in [-0.3, -0.25) is 4.57 Å². The van der Waals surface area contributed by atoms with Gasteiger partial charge in [-0.25, -0.2) is 9.97 Å². The zero-order valence-electron chi connectivity index (χ0n) is 31.7. The van der Waals surface area contributed by atoms with Gasteiger partial charge in [0.1, 0.15) is 0 Å². The Morgan fingerprint density at radius 1 is 0.421 bits per heavy atom. The summed E-state index contributed by atoms with van der Waals surface area (Å²) in [5, 5.41) is 4.80. The van der Waals surface area contributed by atoms with Gasteiger partial charge in [0.05, 0.1) is 27.8 Å². The van der Waals surface area contributed by atoms with Gasteiger partial charge < -0.3 is 0 Å². The smallest absolute Gasteiger partial charge is 0.235 e. The highest BCUT2D eigenvalue weighted by molar-refractivity contribution is 6.13. The molecule has 8 aromatic carbocycles. The van der Waals surface area contributed by atoms with Crippen molar-refractivity contribution in [1.82, 2.24) is 14.5 Å². The van der Waals surface area contributed by atoms with E-state index in [4.69, 9.17) is 9.97 Å². The standard InChI is InChI=1S/C54H37N3/c1-53(2)44-27-12-10-26-42(44)51-49(53)50(55-52(56-51)57-47-30-15-11-25-41(47)43-32-34-17-6-7-18-35(34)33-48(43)57)36-19-16-22-38(31-36)54(37-20-4-3-5-21-37)45-28-13-8-23-39(45)40-24-9-14-29-46(40)54/h3-33H,1-2H3. The summed E-state index contributed by atoms with van der Waals surface area (Å²) in [6.07, 6.45) is 0. The van der Waals surface area contributed by atoms with Crippen molar-refractivity contribution in [3.05, 3.63) is 221 Å². The average Bonchev–Trinajstić information content (AvgIpc) is 3.84. The van der Waals surface area contributed by atoms with Crippen molar-refractivity contribution in [3.8, 4) is 39.6 Å². The second-order valence-electron chi connectivity index (χ2n) is 16.1. The van der Waals surface area contributed by atoms with Crippen LogP contribution in [-0.2, 0) is 10.8 Å². The first-order valence-corrected chi connectivity index (χ1v) is 19.8. The van der Waals surface area contributed by atoms with Crippen LogP contribution in [0.5, 0.6) is 0 Å². The van der Waals surface area contributed by atoms with E-state index in [1.807, 2.05) is 0 Å². The molecule has 57 heavy (non-hydrogen) atoms. The number of nitrogens with zero attached hydrogens (tertiary/aromatic N) is 3. The van der Waals surface area contributed by atoms with Gasteiger partial charge >= 0.3 is 0 Å². The Balaban J connectivity index is 1.18.